The van der Waals surface area contributed by atoms with E-state index in [1.165, 1.54) is 0 Å². The van der Waals surface area contributed by atoms with E-state index < -0.39 is 10.0 Å². The van der Waals surface area contributed by atoms with Gasteiger partial charge in [-0.3, -0.25) is 0 Å². The molecule has 5 nitrogen and oxygen atoms in total. The number of unbranched alkanes of at least 4 members (excludes halogenated alkanes) is 1. The van der Waals surface area contributed by atoms with E-state index in [1.54, 1.807) is 0 Å². The molecule has 16 heavy (non-hydrogen) atoms. The lowest BCUT2D eigenvalue weighted by atomic mass is 9.96. The molecular formula is C10H19NO4S. The first kappa shape index (κ1) is 12.3. The molecule has 94 valence electrons. The number of aliphatic hydroxyl groups excluding tert-OH is 1. The molecule has 2 fully saturated rings. The van der Waals surface area contributed by atoms with Crippen molar-refractivity contribution in [3.63, 3.8) is 0 Å². The minimum atomic E-state index is -3.20. The lowest BCUT2D eigenvalue weighted by molar-refractivity contribution is 0.0996. The predicted molar refractivity (Wildman–Crippen MR) is 59.5 cm³/mol. The zero-order valence-corrected chi connectivity index (χ0v) is 10.1. The van der Waals surface area contributed by atoms with Crippen molar-refractivity contribution in [1.82, 2.24) is 4.72 Å². The van der Waals surface area contributed by atoms with Crippen LogP contribution in [0.25, 0.3) is 0 Å². The number of sulfonamides is 1. The Hall–Kier alpha value is -0.170. The number of hydrogen-bond donors (Lipinski definition) is 2. The molecule has 2 aliphatic rings. The van der Waals surface area contributed by atoms with Crippen molar-refractivity contribution in [2.75, 3.05) is 12.4 Å². The molecule has 0 aromatic heterocycles. The highest BCUT2D eigenvalue weighted by molar-refractivity contribution is 7.89. The van der Waals surface area contributed by atoms with Crippen molar-refractivity contribution in [3.8, 4) is 0 Å². The lowest BCUT2D eigenvalue weighted by Gasteiger charge is -2.19. The van der Waals surface area contributed by atoms with Crippen LogP contribution in [0.3, 0.4) is 0 Å². The second-order valence-corrected chi connectivity index (χ2v) is 6.46. The Morgan fingerprint density at radius 1 is 1.31 bits per heavy atom. The molecule has 0 aromatic rings. The van der Waals surface area contributed by atoms with E-state index in [4.69, 9.17) is 9.84 Å². The number of ether oxygens (including phenoxy) is 1. The Bertz CT molecular complexity index is 330. The first-order valence-electron chi connectivity index (χ1n) is 5.87. The summed E-state index contributed by atoms with van der Waals surface area (Å²) in [5.41, 5.74) is 0. The van der Waals surface area contributed by atoms with Crippen LogP contribution in [-0.2, 0) is 14.8 Å². The summed E-state index contributed by atoms with van der Waals surface area (Å²) in [6, 6.07) is -0.0297. The van der Waals surface area contributed by atoms with Gasteiger partial charge in [-0.1, -0.05) is 0 Å². The summed E-state index contributed by atoms with van der Waals surface area (Å²) in [6.45, 7) is 0.0484. The summed E-state index contributed by atoms with van der Waals surface area (Å²) in [7, 11) is -3.20. The van der Waals surface area contributed by atoms with Gasteiger partial charge in [-0.25, -0.2) is 13.1 Å². The lowest BCUT2D eigenvalue weighted by Crippen LogP contribution is -2.42. The Kier molecular flexibility index (Phi) is 3.84. The Morgan fingerprint density at radius 3 is 2.69 bits per heavy atom. The molecule has 0 amide bonds. The second kappa shape index (κ2) is 5.00. The van der Waals surface area contributed by atoms with Crippen LogP contribution in [0.1, 0.15) is 32.1 Å². The van der Waals surface area contributed by atoms with Crippen molar-refractivity contribution in [2.45, 2.75) is 50.4 Å². The van der Waals surface area contributed by atoms with Gasteiger partial charge in [0.05, 0.1) is 24.0 Å². The Balaban J connectivity index is 1.80. The number of hydrogen-bond acceptors (Lipinski definition) is 4. The zero-order valence-electron chi connectivity index (χ0n) is 9.26. The highest BCUT2D eigenvalue weighted by Crippen LogP contribution is 2.34. The molecule has 3 atom stereocenters. The molecule has 0 spiro atoms. The van der Waals surface area contributed by atoms with Gasteiger partial charge in [0.2, 0.25) is 10.0 Å². The summed E-state index contributed by atoms with van der Waals surface area (Å²) in [5.74, 6) is 0.0987. The molecular weight excluding hydrogens is 230 g/mol. The Morgan fingerprint density at radius 2 is 2.12 bits per heavy atom. The van der Waals surface area contributed by atoms with Crippen LogP contribution < -0.4 is 4.72 Å². The first-order chi connectivity index (χ1) is 7.61. The minimum Gasteiger partial charge on any atom is -0.396 e. The van der Waals surface area contributed by atoms with Crippen molar-refractivity contribution >= 4 is 10.0 Å². The van der Waals surface area contributed by atoms with E-state index in [0.717, 1.165) is 19.3 Å². The van der Waals surface area contributed by atoms with Gasteiger partial charge >= 0.3 is 0 Å². The normalized spacial score (nSPS) is 33.4. The van der Waals surface area contributed by atoms with Crippen LogP contribution in [-0.4, -0.2) is 44.1 Å². The Labute approximate surface area is 96.2 Å². The molecule has 0 aliphatic carbocycles. The van der Waals surface area contributed by atoms with Crippen molar-refractivity contribution in [1.29, 1.82) is 0 Å². The van der Waals surface area contributed by atoms with Crippen LogP contribution in [0.2, 0.25) is 0 Å². The highest BCUT2D eigenvalue weighted by atomic mass is 32.2. The van der Waals surface area contributed by atoms with Crippen molar-refractivity contribution in [3.05, 3.63) is 0 Å². The third-order valence-electron chi connectivity index (χ3n) is 3.26. The maximum absolute atomic E-state index is 11.7. The van der Waals surface area contributed by atoms with Gasteiger partial charge < -0.3 is 9.84 Å². The van der Waals surface area contributed by atoms with Crippen LogP contribution in [0.15, 0.2) is 0 Å². The smallest absolute Gasteiger partial charge is 0.211 e. The molecule has 2 N–H and O–H groups in total. The van der Waals surface area contributed by atoms with Gasteiger partial charge in [0.25, 0.3) is 0 Å². The maximum Gasteiger partial charge on any atom is 0.211 e. The molecule has 2 saturated heterocycles. The molecule has 0 saturated carbocycles. The third kappa shape index (κ3) is 2.94. The van der Waals surface area contributed by atoms with E-state index in [-0.39, 0.29) is 30.6 Å². The molecule has 2 aliphatic heterocycles. The SMILES string of the molecule is O=S(=O)(CCCCO)NC1CC2CCC1O2. The number of rotatable bonds is 6. The number of nitrogens with one attached hydrogen (secondary N) is 1. The molecule has 0 aromatic carbocycles. The largest absolute Gasteiger partial charge is 0.396 e. The average Bonchev–Trinajstić information content (AvgIpc) is 2.78. The minimum absolute atomic E-state index is 0.0297. The molecule has 6 heteroatoms. The fourth-order valence-electron chi connectivity index (χ4n) is 2.46. The summed E-state index contributed by atoms with van der Waals surface area (Å²) in [6.07, 6.45) is 4.22. The van der Waals surface area contributed by atoms with Crippen molar-refractivity contribution < 1.29 is 18.3 Å². The van der Waals surface area contributed by atoms with Gasteiger partial charge in [-0.2, -0.15) is 0 Å². The average molecular weight is 249 g/mol. The fraction of sp³-hybridized carbons (Fsp3) is 1.00. The second-order valence-electron chi connectivity index (χ2n) is 4.58. The molecule has 3 unspecified atom stereocenters. The number of fused-ring (bicyclic) bond motifs is 2. The van der Waals surface area contributed by atoms with Crippen LogP contribution in [0.5, 0.6) is 0 Å². The van der Waals surface area contributed by atoms with Gasteiger partial charge in [0.1, 0.15) is 0 Å². The summed E-state index contributed by atoms with van der Waals surface area (Å²) in [4.78, 5) is 0. The van der Waals surface area contributed by atoms with E-state index in [2.05, 4.69) is 4.72 Å². The zero-order chi connectivity index (χ0) is 11.6. The van der Waals surface area contributed by atoms with Crippen LogP contribution >= 0.6 is 0 Å². The van der Waals surface area contributed by atoms with Crippen molar-refractivity contribution in [2.24, 2.45) is 0 Å². The molecule has 2 rings (SSSR count). The van der Waals surface area contributed by atoms with Crippen LogP contribution in [0, 0.1) is 0 Å². The first-order valence-corrected chi connectivity index (χ1v) is 7.52. The van der Waals surface area contributed by atoms with Gasteiger partial charge in [-0.05, 0) is 32.1 Å². The monoisotopic (exact) mass is 249 g/mol. The molecule has 0 radical (unpaired) electrons. The number of aliphatic hydroxyl groups is 1. The molecule has 2 heterocycles. The maximum atomic E-state index is 11.7. The molecule has 2 bridgehead atoms. The van der Waals surface area contributed by atoms with Gasteiger partial charge in [-0.15, -0.1) is 0 Å². The standard InChI is InChI=1S/C10H19NO4S/c12-5-1-2-6-16(13,14)11-9-7-8-3-4-10(9)15-8/h8-12H,1-7H2. The van der Waals surface area contributed by atoms with E-state index >= 15 is 0 Å². The quantitative estimate of drug-likeness (QED) is 0.650. The summed E-state index contributed by atoms with van der Waals surface area (Å²) in [5, 5.41) is 8.60. The van der Waals surface area contributed by atoms with Gasteiger partial charge in [0, 0.05) is 6.61 Å². The highest BCUT2D eigenvalue weighted by Gasteiger charge is 2.42. The van der Waals surface area contributed by atoms with Crippen LogP contribution in [0.4, 0.5) is 0 Å². The van der Waals surface area contributed by atoms with E-state index in [0.29, 0.717) is 12.8 Å². The van der Waals surface area contributed by atoms with Gasteiger partial charge in [0.15, 0.2) is 0 Å². The van der Waals surface area contributed by atoms with E-state index in [1.807, 2.05) is 0 Å². The summed E-state index contributed by atoms with van der Waals surface area (Å²) >= 11 is 0. The third-order valence-corrected chi connectivity index (χ3v) is 4.75. The predicted octanol–water partition coefficient (Wildman–Crippen LogP) is -0.00180. The topological polar surface area (TPSA) is 75.6 Å². The van der Waals surface area contributed by atoms with E-state index in [9.17, 15) is 8.42 Å². The summed E-state index contributed by atoms with van der Waals surface area (Å²) < 4.78 is 31.7. The fourth-order valence-corrected chi connectivity index (χ4v) is 3.87.